The number of halogens is 1. The topological polar surface area (TPSA) is 75.6 Å². The van der Waals surface area contributed by atoms with Crippen molar-refractivity contribution < 1.29 is 19.4 Å². The molecule has 19 heavy (non-hydrogen) atoms. The molecule has 0 aromatic heterocycles. The highest BCUT2D eigenvalue weighted by atomic mass is 79.9. The molecule has 0 heterocycles. The number of unbranched alkanes of at least 4 members (excludes halogenated alkanes) is 1. The molecular formula is C13H16BrNO4. The molecule has 0 fully saturated rings. The van der Waals surface area contributed by atoms with E-state index in [2.05, 4.69) is 21.2 Å². The molecule has 5 nitrogen and oxygen atoms in total. The van der Waals surface area contributed by atoms with E-state index in [1.54, 1.807) is 6.07 Å². The third-order valence-corrected chi connectivity index (χ3v) is 2.88. The van der Waals surface area contributed by atoms with Gasteiger partial charge in [-0.3, -0.25) is 4.79 Å². The first-order valence-corrected chi connectivity index (χ1v) is 6.76. The molecule has 0 spiro atoms. The lowest BCUT2D eigenvalue weighted by Gasteiger charge is -2.09. The van der Waals surface area contributed by atoms with Gasteiger partial charge in [-0.1, -0.05) is 29.3 Å². The molecule has 2 N–H and O–H groups in total. The van der Waals surface area contributed by atoms with Gasteiger partial charge in [0.2, 0.25) is 0 Å². The van der Waals surface area contributed by atoms with Crippen molar-refractivity contribution in [1.82, 2.24) is 5.32 Å². The highest BCUT2D eigenvalue weighted by Gasteiger charge is 2.13. The van der Waals surface area contributed by atoms with Crippen molar-refractivity contribution in [3.8, 4) is 5.75 Å². The third-order valence-electron chi connectivity index (χ3n) is 2.38. The van der Waals surface area contributed by atoms with Crippen LogP contribution in [-0.4, -0.2) is 30.1 Å². The van der Waals surface area contributed by atoms with E-state index in [1.807, 2.05) is 6.92 Å². The number of hydrogen-bond donors (Lipinski definition) is 2. The Morgan fingerprint density at radius 2 is 2.16 bits per heavy atom. The SMILES string of the molecule is CCCCNC(=O)COc1ccc(Br)cc1C(=O)O. The fourth-order valence-corrected chi connectivity index (χ4v) is 1.76. The number of nitrogens with one attached hydrogen (secondary N) is 1. The summed E-state index contributed by atoms with van der Waals surface area (Å²) in [7, 11) is 0. The van der Waals surface area contributed by atoms with Gasteiger partial charge in [-0.25, -0.2) is 4.79 Å². The van der Waals surface area contributed by atoms with Crippen molar-refractivity contribution in [1.29, 1.82) is 0 Å². The molecule has 0 bridgehead atoms. The maximum Gasteiger partial charge on any atom is 0.339 e. The lowest BCUT2D eigenvalue weighted by Crippen LogP contribution is -2.29. The summed E-state index contributed by atoms with van der Waals surface area (Å²) in [5.41, 5.74) is 0.0238. The van der Waals surface area contributed by atoms with E-state index in [0.717, 1.165) is 12.8 Å². The quantitative estimate of drug-likeness (QED) is 0.753. The molecule has 0 radical (unpaired) electrons. The highest BCUT2D eigenvalue weighted by Crippen LogP contribution is 2.23. The van der Waals surface area contributed by atoms with E-state index >= 15 is 0 Å². The Kier molecular flexibility index (Phi) is 6.35. The van der Waals surface area contributed by atoms with Gasteiger partial charge in [0.1, 0.15) is 11.3 Å². The molecule has 0 atom stereocenters. The lowest BCUT2D eigenvalue weighted by atomic mass is 10.2. The monoisotopic (exact) mass is 329 g/mol. The lowest BCUT2D eigenvalue weighted by molar-refractivity contribution is -0.123. The van der Waals surface area contributed by atoms with Crippen molar-refractivity contribution in [2.24, 2.45) is 0 Å². The van der Waals surface area contributed by atoms with E-state index in [4.69, 9.17) is 9.84 Å². The molecule has 1 rings (SSSR count). The van der Waals surface area contributed by atoms with E-state index in [-0.39, 0.29) is 23.8 Å². The molecule has 0 saturated heterocycles. The number of rotatable bonds is 7. The summed E-state index contributed by atoms with van der Waals surface area (Å²) in [6.07, 6.45) is 1.90. The Morgan fingerprint density at radius 3 is 2.79 bits per heavy atom. The van der Waals surface area contributed by atoms with Crippen LogP contribution in [0, 0.1) is 0 Å². The van der Waals surface area contributed by atoms with Crippen LogP contribution in [0.4, 0.5) is 0 Å². The molecule has 1 aromatic rings. The van der Waals surface area contributed by atoms with E-state index < -0.39 is 5.97 Å². The number of carbonyl (C=O) groups is 2. The minimum atomic E-state index is -1.09. The minimum absolute atomic E-state index is 0.0238. The Labute approximate surface area is 120 Å². The van der Waals surface area contributed by atoms with Crippen LogP contribution in [0.2, 0.25) is 0 Å². The predicted octanol–water partition coefficient (Wildman–Crippen LogP) is 2.44. The molecule has 104 valence electrons. The van der Waals surface area contributed by atoms with Gasteiger partial charge in [0.25, 0.3) is 5.91 Å². The number of benzene rings is 1. The van der Waals surface area contributed by atoms with Crippen LogP contribution in [0.1, 0.15) is 30.1 Å². The van der Waals surface area contributed by atoms with Gasteiger partial charge in [0, 0.05) is 11.0 Å². The van der Waals surface area contributed by atoms with Crippen LogP contribution in [-0.2, 0) is 4.79 Å². The number of hydrogen-bond acceptors (Lipinski definition) is 3. The first-order chi connectivity index (χ1) is 9.04. The van der Waals surface area contributed by atoms with Crippen LogP contribution >= 0.6 is 15.9 Å². The molecule has 0 aliphatic rings. The second kappa shape index (κ2) is 7.78. The van der Waals surface area contributed by atoms with Crippen LogP contribution in [0.3, 0.4) is 0 Å². The van der Waals surface area contributed by atoms with Gasteiger partial charge in [-0.05, 0) is 24.6 Å². The number of carboxylic acid groups (broad SMARTS) is 1. The number of aromatic carboxylic acids is 1. The Hall–Kier alpha value is -1.56. The first-order valence-electron chi connectivity index (χ1n) is 5.97. The summed E-state index contributed by atoms with van der Waals surface area (Å²) >= 11 is 3.19. The van der Waals surface area contributed by atoms with Crippen LogP contribution in [0.5, 0.6) is 5.75 Å². The zero-order valence-electron chi connectivity index (χ0n) is 10.6. The second-order valence-corrected chi connectivity index (χ2v) is 4.85. The van der Waals surface area contributed by atoms with Gasteiger partial charge in [0.05, 0.1) is 0 Å². The van der Waals surface area contributed by atoms with Crippen molar-refractivity contribution in [3.05, 3.63) is 28.2 Å². The summed E-state index contributed by atoms with van der Waals surface area (Å²) in [5, 5.41) is 11.7. The Balaban J connectivity index is 2.57. The number of carboxylic acids is 1. The van der Waals surface area contributed by atoms with Gasteiger partial charge >= 0.3 is 5.97 Å². The van der Waals surface area contributed by atoms with Crippen molar-refractivity contribution in [2.75, 3.05) is 13.2 Å². The third kappa shape index (κ3) is 5.30. The maximum absolute atomic E-state index is 11.4. The van der Waals surface area contributed by atoms with E-state index in [9.17, 15) is 9.59 Å². The van der Waals surface area contributed by atoms with Crippen LogP contribution in [0.25, 0.3) is 0 Å². The molecular weight excluding hydrogens is 314 g/mol. The molecule has 6 heteroatoms. The van der Waals surface area contributed by atoms with E-state index in [0.29, 0.717) is 11.0 Å². The second-order valence-electron chi connectivity index (χ2n) is 3.94. The average molecular weight is 330 g/mol. The van der Waals surface area contributed by atoms with Gasteiger partial charge in [-0.2, -0.15) is 0 Å². The molecule has 0 aliphatic heterocycles. The smallest absolute Gasteiger partial charge is 0.339 e. The molecule has 0 saturated carbocycles. The fraction of sp³-hybridized carbons (Fsp3) is 0.385. The predicted molar refractivity (Wildman–Crippen MR) is 74.5 cm³/mol. The zero-order valence-corrected chi connectivity index (χ0v) is 12.2. The Morgan fingerprint density at radius 1 is 1.42 bits per heavy atom. The summed E-state index contributed by atoms with van der Waals surface area (Å²) in [4.78, 5) is 22.5. The Bertz CT molecular complexity index is 462. The van der Waals surface area contributed by atoms with Crippen LogP contribution in [0.15, 0.2) is 22.7 Å². The first kappa shape index (κ1) is 15.5. The van der Waals surface area contributed by atoms with Crippen molar-refractivity contribution in [3.63, 3.8) is 0 Å². The normalized spacial score (nSPS) is 10.0. The summed E-state index contributed by atoms with van der Waals surface area (Å²) in [6, 6.07) is 4.62. The summed E-state index contributed by atoms with van der Waals surface area (Å²) in [6.45, 7) is 2.44. The van der Waals surface area contributed by atoms with Gasteiger partial charge in [-0.15, -0.1) is 0 Å². The number of amides is 1. The van der Waals surface area contributed by atoms with Crippen molar-refractivity contribution >= 4 is 27.8 Å². The van der Waals surface area contributed by atoms with Crippen molar-refractivity contribution in [2.45, 2.75) is 19.8 Å². The average Bonchev–Trinajstić information content (AvgIpc) is 2.37. The molecule has 0 unspecified atom stereocenters. The maximum atomic E-state index is 11.4. The number of carbonyl (C=O) groups excluding carboxylic acids is 1. The van der Waals surface area contributed by atoms with Gasteiger partial charge in [0.15, 0.2) is 6.61 Å². The summed E-state index contributed by atoms with van der Waals surface area (Å²) < 4.78 is 5.88. The number of ether oxygens (including phenoxy) is 1. The van der Waals surface area contributed by atoms with Gasteiger partial charge < -0.3 is 15.2 Å². The highest BCUT2D eigenvalue weighted by molar-refractivity contribution is 9.10. The zero-order chi connectivity index (χ0) is 14.3. The van der Waals surface area contributed by atoms with E-state index in [1.165, 1.54) is 12.1 Å². The molecule has 0 aliphatic carbocycles. The standard InChI is InChI=1S/C13H16BrNO4/c1-2-3-6-15-12(16)8-19-11-5-4-9(14)7-10(11)13(17)18/h4-5,7H,2-3,6,8H2,1H3,(H,15,16)(H,17,18). The van der Waals surface area contributed by atoms with Crippen LogP contribution < -0.4 is 10.1 Å². The fourth-order valence-electron chi connectivity index (χ4n) is 1.39. The summed E-state index contributed by atoms with van der Waals surface area (Å²) in [5.74, 6) is -1.17. The molecule has 1 amide bonds. The molecule has 1 aromatic carbocycles. The largest absolute Gasteiger partial charge is 0.483 e. The minimum Gasteiger partial charge on any atom is -0.483 e.